The van der Waals surface area contributed by atoms with E-state index in [0.29, 0.717) is 24.5 Å². The molecule has 3 fully saturated rings. The van der Waals surface area contributed by atoms with Gasteiger partial charge in [0.05, 0.1) is 17.8 Å². The second-order valence-corrected chi connectivity index (χ2v) is 10.6. The van der Waals surface area contributed by atoms with Crippen LogP contribution in [0.1, 0.15) is 57.8 Å². The summed E-state index contributed by atoms with van der Waals surface area (Å²) in [5.74, 6) is 2.61. The molecule has 0 radical (unpaired) electrons. The lowest BCUT2D eigenvalue weighted by atomic mass is 9.84. The first-order valence-electron chi connectivity index (χ1n) is 13.3. The van der Waals surface area contributed by atoms with E-state index in [2.05, 4.69) is 20.1 Å². The number of aromatic nitrogens is 1. The maximum absolute atomic E-state index is 12.5. The molecule has 2 unspecified atom stereocenters. The van der Waals surface area contributed by atoms with Crippen LogP contribution in [0.15, 0.2) is 29.0 Å². The van der Waals surface area contributed by atoms with Gasteiger partial charge >= 0.3 is 0 Å². The minimum Gasteiger partial charge on any atom is -0.464 e. The van der Waals surface area contributed by atoms with Crippen molar-refractivity contribution in [1.82, 2.24) is 15.2 Å². The van der Waals surface area contributed by atoms with Crippen molar-refractivity contribution < 1.29 is 13.9 Å². The zero-order chi connectivity index (χ0) is 23.3. The second-order valence-electron chi connectivity index (χ2n) is 10.6. The third-order valence-corrected chi connectivity index (χ3v) is 8.40. The van der Waals surface area contributed by atoms with E-state index in [0.717, 1.165) is 81.0 Å². The van der Waals surface area contributed by atoms with Gasteiger partial charge in [0.1, 0.15) is 11.4 Å². The number of hydrogen-bond acceptors (Lipinski definition) is 6. The van der Waals surface area contributed by atoms with Crippen molar-refractivity contribution in [2.75, 3.05) is 44.7 Å². The van der Waals surface area contributed by atoms with Gasteiger partial charge in [-0.1, -0.05) is 0 Å². The van der Waals surface area contributed by atoms with Crippen LogP contribution in [0.4, 0.5) is 5.82 Å². The Morgan fingerprint density at radius 3 is 2.65 bits per heavy atom. The number of piperazine rings is 1. The lowest BCUT2D eigenvalue weighted by Gasteiger charge is -2.37. The van der Waals surface area contributed by atoms with E-state index in [9.17, 15) is 4.79 Å². The van der Waals surface area contributed by atoms with Crippen LogP contribution < -0.4 is 10.2 Å². The van der Waals surface area contributed by atoms with Gasteiger partial charge in [0.25, 0.3) is 0 Å². The molecule has 2 aromatic rings. The van der Waals surface area contributed by atoms with E-state index in [-0.39, 0.29) is 5.91 Å². The quantitative estimate of drug-likeness (QED) is 0.626. The Kier molecular flexibility index (Phi) is 7.70. The molecule has 7 heteroatoms. The number of carbonyl (C=O) groups is 1. The molecule has 1 N–H and O–H groups in total. The van der Waals surface area contributed by atoms with Gasteiger partial charge in [0.15, 0.2) is 0 Å². The van der Waals surface area contributed by atoms with E-state index >= 15 is 0 Å². The van der Waals surface area contributed by atoms with Crippen LogP contribution in [-0.4, -0.2) is 67.8 Å². The monoisotopic (exact) mass is 468 g/mol. The number of nitrogens with zero attached hydrogens (tertiary/aromatic N) is 3. The highest BCUT2D eigenvalue weighted by Crippen LogP contribution is 2.31. The Balaban J connectivity index is 0.981. The number of anilines is 1. The van der Waals surface area contributed by atoms with Gasteiger partial charge in [-0.3, -0.25) is 9.69 Å². The molecule has 5 rings (SSSR count). The minimum atomic E-state index is 0.253. The molecule has 186 valence electrons. The van der Waals surface area contributed by atoms with Gasteiger partial charge in [-0.05, 0) is 81.9 Å². The van der Waals surface area contributed by atoms with Gasteiger partial charge in [0.2, 0.25) is 5.91 Å². The molecule has 0 aromatic carbocycles. The molecular weight excluding hydrogens is 428 g/mol. The third kappa shape index (κ3) is 5.74. The van der Waals surface area contributed by atoms with Crippen LogP contribution >= 0.6 is 0 Å². The molecular formula is C27H40N4O3. The highest BCUT2D eigenvalue weighted by molar-refractivity contribution is 5.88. The van der Waals surface area contributed by atoms with Crippen molar-refractivity contribution in [3.8, 4) is 0 Å². The first-order chi connectivity index (χ1) is 16.7. The number of rotatable bonds is 8. The number of nitrogens with one attached hydrogen (secondary N) is 1. The molecule has 3 aliphatic rings. The molecule has 3 heterocycles. The van der Waals surface area contributed by atoms with Gasteiger partial charge < -0.3 is 19.4 Å². The van der Waals surface area contributed by atoms with E-state index < -0.39 is 0 Å². The van der Waals surface area contributed by atoms with E-state index in [1.807, 2.05) is 18.3 Å². The van der Waals surface area contributed by atoms with E-state index in [1.165, 1.54) is 25.8 Å². The lowest BCUT2D eigenvalue weighted by Crippen LogP contribution is -2.47. The zero-order valence-electron chi connectivity index (χ0n) is 20.6. The Hall–Kier alpha value is -2.12. The van der Waals surface area contributed by atoms with Crippen molar-refractivity contribution in [1.29, 1.82) is 0 Å². The van der Waals surface area contributed by atoms with Crippen LogP contribution in [0, 0.1) is 11.8 Å². The van der Waals surface area contributed by atoms with Gasteiger partial charge in [-0.15, -0.1) is 0 Å². The molecule has 0 bridgehead atoms. The number of ether oxygens (including phenoxy) is 1. The first-order valence-corrected chi connectivity index (χ1v) is 13.3. The van der Waals surface area contributed by atoms with E-state index in [4.69, 9.17) is 9.15 Å². The van der Waals surface area contributed by atoms with Crippen molar-refractivity contribution >= 4 is 22.7 Å². The number of pyridine rings is 1. The fraction of sp³-hybridized carbons (Fsp3) is 0.704. The summed E-state index contributed by atoms with van der Waals surface area (Å²) in [7, 11) is 1.78. The number of amides is 1. The minimum absolute atomic E-state index is 0.253. The summed E-state index contributed by atoms with van der Waals surface area (Å²) in [5.41, 5.74) is 0.914. The Labute approximate surface area is 203 Å². The highest BCUT2D eigenvalue weighted by atomic mass is 16.5. The van der Waals surface area contributed by atoms with Crippen LogP contribution in [0.2, 0.25) is 0 Å². The number of methoxy groups -OCH3 is 1. The summed E-state index contributed by atoms with van der Waals surface area (Å²) in [4.78, 5) is 22.1. The molecule has 7 nitrogen and oxygen atoms in total. The van der Waals surface area contributed by atoms with E-state index in [1.54, 1.807) is 13.4 Å². The Morgan fingerprint density at radius 2 is 1.88 bits per heavy atom. The maximum Gasteiger partial charge on any atom is 0.220 e. The lowest BCUT2D eigenvalue weighted by molar-refractivity contribution is -0.123. The molecule has 0 spiro atoms. The standard InChI is InChI=1S/C27H40N4O3/c1-33-23-7-4-21(18-23)19-26(32)29-22-5-2-20(3-6-22)9-12-30-13-15-31(16-14-30)27-24-10-17-34-25(24)8-11-28-27/h8,10-11,17,20-23H,2-7,9,12-16,18-19H2,1H3,(H,29,32). The molecule has 2 aromatic heterocycles. The van der Waals surface area contributed by atoms with Crippen molar-refractivity contribution in [3.05, 3.63) is 24.6 Å². The van der Waals surface area contributed by atoms with Crippen molar-refractivity contribution in [3.63, 3.8) is 0 Å². The summed E-state index contributed by atoms with van der Waals surface area (Å²) in [6.45, 7) is 5.39. The van der Waals surface area contributed by atoms with Crippen LogP contribution in [0.3, 0.4) is 0 Å². The molecule has 2 saturated carbocycles. The Morgan fingerprint density at radius 1 is 1.09 bits per heavy atom. The molecule has 1 aliphatic heterocycles. The predicted molar refractivity (Wildman–Crippen MR) is 134 cm³/mol. The predicted octanol–water partition coefficient (Wildman–Crippen LogP) is 4.22. The van der Waals surface area contributed by atoms with Crippen LogP contribution in [0.5, 0.6) is 0 Å². The summed E-state index contributed by atoms with van der Waals surface area (Å²) < 4.78 is 11.0. The first kappa shape index (κ1) is 23.6. The van der Waals surface area contributed by atoms with Crippen LogP contribution in [0.25, 0.3) is 11.0 Å². The molecule has 34 heavy (non-hydrogen) atoms. The fourth-order valence-electron chi connectivity index (χ4n) is 6.25. The number of fused-ring (bicyclic) bond motifs is 1. The van der Waals surface area contributed by atoms with Crippen molar-refractivity contribution in [2.24, 2.45) is 11.8 Å². The van der Waals surface area contributed by atoms with Crippen LogP contribution in [-0.2, 0) is 9.53 Å². The summed E-state index contributed by atoms with van der Waals surface area (Å²) in [6, 6.07) is 4.33. The number of furan rings is 1. The van der Waals surface area contributed by atoms with Gasteiger partial charge in [0, 0.05) is 51.9 Å². The average Bonchev–Trinajstić information content (AvgIpc) is 3.53. The normalized spacial score (nSPS) is 28.4. The molecule has 1 saturated heterocycles. The second kappa shape index (κ2) is 11.1. The number of hydrogen-bond donors (Lipinski definition) is 1. The highest BCUT2D eigenvalue weighted by Gasteiger charge is 2.28. The smallest absolute Gasteiger partial charge is 0.220 e. The maximum atomic E-state index is 12.5. The topological polar surface area (TPSA) is 70.8 Å². The molecule has 1 amide bonds. The molecule has 2 aliphatic carbocycles. The third-order valence-electron chi connectivity index (χ3n) is 8.40. The average molecular weight is 469 g/mol. The zero-order valence-corrected chi connectivity index (χ0v) is 20.6. The molecule has 2 atom stereocenters. The van der Waals surface area contributed by atoms with Gasteiger partial charge in [-0.2, -0.15) is 0 Å². The Bertz CT molecular complexity index is 931. The van der Waals surface area contributed by atoms with Crippen molar-refractivity contribution in [2.45, 2.75) is 69.9 Å². The SMILES string of the molecule is COC1CCC(CC(=O)NC2CCC(CCN3CCN(c4nccc5occc45)CC3)CC2)C1. The summed E-state index contributed by atoms with van der Waals surface area (Å²) in [5, 5.41) is 4.44. The van der Waals surface area contributed by atoms with Gasteiger partial charge in [-0.25, -0.2) is 4.98 Å². The largest absolute Gasteiger partial charge is 0.464 e. The number of carbonyl (C=O) groups excluding carboxylic acids is 1. The fourth-order valence-corrected chi connectivity index (χ4v) is 6.25. The summed E-state index contributed by atoms with van der Waals surface area (Å²) in [6.07, 6.45) is 13.9. The summed E-state index contributed by atoms with van der Waals surface area (Å²) >= 11 is 0.